The van der Waals surface area contributed by atoms with Crippen molar-refractivity contribution in [1.82, 2.24) is 10.1 Å². The van der Waals surface area contributed by atoms with E-state index < -0.39 is 5.92 Å². The van der Waals surface area contributed by atoms with Crippen molar-refractivity contribution in [2.45, 2.75) is 58.8 Å². The highest BCUT2D eigenvalue weighted by molar-refractivity contribution is 5.89. The molecule has 1 saturated carbocycles. The molecule has 2 heterocycles. The second-order valence-corrected chi connectivity index (χ2v) is 9.64. The Balaban J connectivity index is 1.31. The number of halogens is 2. The van der Waals surface area contributed by atoms with E-state index in [0.717, 1.165) is 23.3 Å². The number of benzene rings is 1. The van der Waals surface area contributed by atoms with Gasteiger partial charge in [0.25, 0.3) is 0 Å². The minimum atomic E-state index is -2.51. The Morgan fingerprint density at radius 2 is 2.09 bits per heavy atom. The highest BCUT2D eigenvalue weighted by atomic mass is 19.3. The van der Waals surface area contributed by atoms with Crippen LogP contribution in [0, 0.1) is 25.7 Å². The van der Waals surface area contributed by atoms with Gasteiger partial charge in [-0.3, -0.25) is 5.32 Å². The second kappa shape index (κ2) is 10.2. The van der Waals surface area contributed by atoms with Gasteiger partial charge in [0.15, 0.2) is 5.82 Å². The number of ether oxygens (including phenoxy) is 1. The summed E-state index contributed by atoms with van der Waals surface area (Å²) >= 11 is 0. The number of likely N-dealkylation sites (tertiary alicyclic amines) is 1. The van der Waals surface area contributed by atoms with Crippen molar-refractivity contribution in [2.75, 3.05) is 25.0 Å². The molecule has 0 bridgehead atoms. The molecule has 184 valence electrons. The van der Waals surface area contributed by atoms with E-state index in [-0.39, 0.29) is 30.7 Å². The number of nitrogens with one attached hydrogen (secondary N) is 1. The lowest BCUT2D eigenvalue weighted by Gasteiger charge is -2.33. The van der Waals surface area contributed by atoms with Gasteiger partial charge in [0.05, 0.1) is 6.61 Å². The van der Waals surface area contributed by atoms with Crippen molar-refractivity contribution in [2.24, 2.45) is 11.8 Å². The zero-order valence-corrected chi connectivity index (χ0v) is 20.1. The van der Waals surface area contributed by atoms with E-state index in [1.807, 2.05) is 38.1 Å². The zero-order chi connectivity index (χ0) is 24.3. The molecule has 1 atom stereocenters. The zero-order valence-electron chi connectivity index (χ0n) is 20.1. The first kappa shape index (κ1) is 24.2. The highest BCUT2D eigenvalue weighted by Gasteiger charge is 2.35. The lowest BCUT2D eigenvalue weighted by Crippen LogP contribution is -2.42. The van der Waals surface area contributed by atoms with Gasteiger partial charge in [0.1, 0.15) is 11.5 Å². The molecule has 34 heavy (non-hydrogen) atoms. The van der Waals surface area contributed by atoms with Crippen LogP contribution < -0.4 is 10.1 Å². The van der Waals surface area contributed by atoms with Crippen LogP contribution in [-0.2, 0) is 0 Å². The standard InChI is InChI=1S/C26H33F2N3O3/c1-17-15-31(25(32)29-24-18(2)19(3)34-30-24)12-9-22(17)13-21-5-4-6-23(14-21)33-16-20-7-10-26(27,28)11-8-20/h4-6,13-14,17,20H,7-12,15-16H2,1-3H3,(H,29,30,32)/b22-13+. The van der Waals surface area contributed by atoms with E-state index in [9.17, 15) is 13.6 Å². The summed E-state index contributed by atoms with van der Waals surface area (Å²) in [5, 5.41) is 6.75. The van der Waals surface area contributed by atoms with Gasteiger partial charge in [-0.15, -0.1) is 0 Å². The molecule has 2 aromatic rings. The molecule has 0 radical (unpaired) electrons. The molecule has 2 aliphatic rings. The molecule has 8 heteroatoms. The van der Waals surface area contributed by atoms with E-state index in [1.54, 1.807) is 4.90 Å². The van der Waals surface area contributed by atoms with Gasteiger partial charge in [-0.2, -0.15) is 0 Å². The first-order chi connectivity index (χ1) is 16.2. The van der Waals surface area contributed by atoms with Crippen LogP contribution in [0.3, 0.4) is 0 Å². The third kappa shape index (κ3) is 5.96. The van der Waals surface area contributed by atoms with E-state index in [0.29, 0.717) is 44.1 Å². The molecule has 0 spiro atoms. The first-order valence-corrected chi connectivity index (χ1v) is 12.0. The van der Waals surface area contributed by atoms with Crippen LogP contribution in [0.25, 0.3) is 6.08 Å². The largest absolute Gasteiger partial charge is 0.493 e. The van der Waals surface area contributed by atoms with Gasteiger partial charge in [0, 0.05) is 31.5 Å². The summed E-state index contributed by atoms with van der Waals surface area (Å²) in [7, 11) is 0. The van der Waals surface area contributed by atoms with Crippen LogP contribution in [0.4, 0.5) is 19.4 Å². The third-order valence-corrected chi connectivity index (χ3v) is 7.00. The molecule has 1 aliphatic heterocycles. The van der Waals surface area contributed by atoms with Gasteiger partial charge >= 0.3 is 6.03 Å². The molecule has 1 unspecified atom stereocenters. The third-order valence-electron chi connectivity index (χ3n) is 7.00. The topological polar surface area (TPSA) is 67.6 Å². The molecule has 2 fully saturated rings. The molecule has 6 nitrogen and oxygen atoms in total. The minimum Gasteiger partial charge on any atom is -0.493 e. The summed E-state index contributed by atoms with van der Waals surface area (Å²) in [5.41, 5.74) is 3.16. The number of alkyl halides is 2. The molecule has 4 rings (SSSR count). The predicted molar refractivity (Wildman–Crippen MR) is 127 cm³/mol. The fraction of sp³-hybridized carbons (Fsp3) is 0.538. The number of anilines is 1. The fourth-order valence-corrected chi connectivity index (χ4v) is 4.55. The number of carbonyl (C=O) groups excluding carboxylic acids is 1. The number of hydrogen-bond acceptors (Lipinski definition) is 4. The van der Waals surface area contributed by atoms with Gasteiger partial charge in [-0.25, -0.2) is 13.6 Å². The number of urea groups is 1. The SMILES string of the molecule is Cc1onc(NC(=O)N2CC/C(=C\c3cccc(OCC4CCC(F)(F)CC4)c3)C(C)C2)c1C. The number of aryl methyl sites for hydroxylation is 1. The van der Waals surface area contributed by atoms with Crippen LogP contribution in [0.2, 0.25) is 0 Å². The first-order valence-electron chi connectivity index (χ1n) is 12.0. The molecule has 1 aliphatic carbocycles. The summed E-state index contributed by atoms with van der Waals surface area (Å²) in [4.78, 5) is 14.5. The number of nitrogens with zero attached hydrogens (tertiary/aromatic N) is 2. The van der Waals surface area contributed by atoms with Crippen LogP contribution >= 0.6 is 0 Å². The maximum Gasteiger partial charge on any atom is 0.323 e. The van der Waals surface area contributed by atoms with Crippen LogP contribution in [-0.4, -0.2) is 41.7 Å². The molecule has 1 saturated heterocycles. The Labute approximate surface area is 199 Å². The number of rotatable bonds is 5. The van der Waals surface area contributed by atoms with Crippen LogP contribution in [0.15, 0.2) is 34.4 Å². The summed E-state index contributed by atoms with van der Waals surface area (Å²) in [5.74, 6) is -0.192. The van der Waals surface area contributed by atoms with E-state index in [4.69, 9.17) is 9.26 Å². The normalized spacial score (nSPS) is 22.1. The lowest BCUT2D eigenvalue weighted by atomic mass is 9.87. The van der Waals surface area contributed by atoms with Crippen molar-refractivity contribution in [1.29, 1.82) is 0 Å². The minimum absolute atomic E-state index is 0.0437. The number of piperidine rings is 1. The maximum atomic E-state index is 13.4. The number of carbonyl (C=O) groups is 1. The predicted octanol–water partition coefficient (Wildman–Crippen LogP) is 6.45. The molecular weight excluding hydrogens is 440 g/mol. The van der Waals surface area contributed by atoms with Gasteiger partial charge in [-0.05, 0) is 62.6 Å². The fourth-order valence-electron chi connectivity index (χ4n) is 4.55. The Morgan fingerprint density at radius 1 is 1.32 bits per heavy atom. The highest BCUT2D eigenvalue weighted by Crippen LogP contribution is 2.36. The molecule has 2 amide bonds. The van der Waals surface area contributed by atoms with Crippen molar-refractivity contribution >= 4 is 17.9 Å². The monoisotopic (exact) mass is 473 g/mol. The van der Waals surface area contributed by atoms with E-state index >= 15 is 0 Å². The Morgan fingerprint density at radius 3 is 2.76 bits per heavy atom. The average molecular weight is 474 g/mol. The van der Waals surface area contributed by atoms with Crippen LogP contribution in [0.1, 0.15) is 55.9 Å². The summed E-state index contributed by atoms with van der Waals surface area (Å²) in [6.45, 7) is 7.52. The van der Waals surface area contributed by atoms with E-state index in [2.05, 4.69) is 23.5 Å². The lowest BCUT2D eigenvalue weighted by molar-refractivity contribution is -0.0498. The Bertz CT molecular complexity index is 1040. The summed E-state index contributed by atoms with van der Waals surface area (Å²) in [6, 6.07) is 7.71. The number of hydrogen-bond donors (Lipinski definition) is 1. The number of amides is 2. The van der Waals surface area contributed by atoms with Crippen molar-refractivity contribution in [3.63, 3.8) is 0 Å². The van der Waals surface area contributed by atoms with Gasteiger partial charge < -0.3 is 14.2 Å². The maximum absolute atomic E-state index is 13.4. The van der Waals surface area contributed by atoms with Gasteiger partial charge in [0.2, 0.25) is 5.92 Å². The Kier molecular flexibility index (Phi) is 7.24. The summed E-state index contributed by atoms with van der Waals surface area (Å²) < 4.78 is 37.8. The van der Waals surface area contributed by atoms with Crippen molar-refractivity contribution in [3.8, 4) is 5.75 Å². The molecule has 1 N–H and O–H groups in total. The molecule has 1 aromatic carbocycles. The molecule has 1 aromatic heterocycles. The van der Waals surface area contributed by atoms with E-state index in [1.165, 1.54) is 5.57 Å². The molecular formula is C26H33F2N3O3. The van der Waals surface area contributed by atoms with Crippen molar-refractivity contribution in [3.05, 3.63) is 46.7 Å². The van der Waals surface area contributed by atoms with Crippen molar-refractivity contribution < 1.29 is 22.8 Å². The van der Waals surface area contributed by atoms with Crippen LogP contribution in [0.5, 0.6) is 5.75 Å². The number of aromatic nitrogens is 1. The Hall–Kier alpha value is -2.90. The average Bonchev–Trinajstić information content (AvgIpc) is 3.12. The summed E-state index contributed by atoms with van der Waals surface area (Å²) in [6.07, 6.45) is 3.88. The quantitative estimate of drug-likeness (QED) is 0.542. The van der Waals surface area contributed by atoms with Gasteiger partial charge in [-0.1, -0.05) is 35.9 Å². The smallest absolute Gasteiger partial charge is 0.323 e. The second-order valence-electron chi connectivity index (χ2n) is 9.64.